The lowest BCUT2D eigenvalue weighted by molar-refractivity contribution is -0.132. The van der Waals surface area contributed by atoms with Crippen LogP contribution in [0.4, 0.5) is 17.2 Å². The second-order valence-electron chi connectivity index (χ2n) is 11.7. The van der Waals surface area contributed by atoms with Crippen molar-refractivity contribution >= 4 is 39.9 Å². The van der Waals surface area contributed by atoms with E-state index in [0.717, 1.165) is 72.8 Å². The zero-order valence-electron chi connectivity index (χ0n) is 24.3. The van der Waals surface area contributed by atoms with Gasteiger partial charge >= 0.3 is 0 Å². The molecule has 3 saturated heterocycles. The predicted molar refractivity (Wildman–Crippen MR) is 167 cm³/mol. The number of hydrogen-bond donors (Lipinski definition) is 2. The number of aromatic nitrogens is 4. The van der Waals surface area contributed by atoms with Crippen LogP contribution >= 0.6 is 0 Å². The molecule has 1 unspecified atom stereocenters. The number of carbonyl (C=O) groups excluding carboxylic acids is 2. The van der Waals surface area contributed by atoms with Crippen molar-refractivity contribution in [3.8, 4) is 11.4 Å². The third-order valence-corrected chi connectivity index (χ3v) is 8.91. The van der Waals surface area contributed by atoms with Gasteiger partial charge in [-0.1, -0.05) is 0 Å². The number of carbonyl (C=O) groups is 2. The van der Waals surface area contributed by atoms with Gasteiger partial charge in [-0.2, -0.15) is 5.10 Å². The van der Waals surface area contributed by atoms with Gasteiger partial charge in [-0.3, -0.25) is 19.6 Å². The Labute approximate surface area is 250 Å². The number of fused-ring (bicyclic) bond motifs is 1. The molecule has 1 atom stereocenters. The first kappa shape index (κ1) is 27.3. The number of hydrogen-bond acceptors (Lipinski definition) is 8. The molecule has 2 aromatic carbocycles. The molecular formula is C32H37N9O2. The van der Waals surface area contributed by atoms with Crippen LogP contribution in [0.2, 0.25) is 0 Å². The van der Waals surface area contributed by atoms with Gasteiger partial charge < -0.3 is 20.0 Å². The summed E-state index contributed by atoms with van der Waals surface area (Å²) in [5.41, 5.74) is 3.89. The number of nitrogens with zero attached hydrogens (tertiary/aromatic N) is 7. The fourth-order valence-corrected chi connectivity index (χ4v) is 6.46. The Morgan fingerprint density at radius 3 is 2.42 bits per heavy atom. The third kappa shape index (κ3) is 5.90. The van der Waals surface area contributed by atoms with Crippen LogP contribution in [-0.4, -0.2) is 101 Å². The van der Waals surface area contributed by atoms with E-state index in [1.165, 1.54) is 12.8 Å². The number of rotatable bonds is 7. The normalized spacial score (nSPS) is 19.3. The first-order valence-corrected chi connectivity index (χ1v) is 15.3. The SMILES string of the molecule is O=C(Nc1ccc2[nH]nc(N3CCCC3)c2c1)C1CCN(CC(=O)N2CCN(c3ccc(-c4ncccn4)cc3)CC2)C1. The maximum absolute atomic E-state index is 13.2. The second-order valence-corrected chi connectivity index (χ2v) is 11.7. The molecule has 3 fully saturated rings. The van der Waals surface area contributed by atoms with Crippen LogP contribution in [0.3, 0.4) is 0 Å². The number of H-pyrrole nitrogens is 1. The highest BCUT2D eigenvalue weighted by Gasteiger charge is 2.31. The molecule has 5 heterocycles. The number of piperazine rings is 1. The molecule has 0 radical (unpaired) electrons. The summed E-state index contributed by atoms with van der Waals surface area (Å²) in [5.74, 6) is 1.70. The Balaban J connectivity index is 0.886. The van der Waals surface area contributed by atoms with E-state index in [1.807, 2.05) is 41.3 Å². The molecule has 2 amide bonds. The summed E-state index contributed by atoms with van der Waals surface area (Å²) in [6.45, 7) is 6.70. The minimum atomic E-state index is -0.132. The average molecular weight is 580 g/mol. The predicted octanol–water partition coefficient (Wildman–Crippen LogP) is 3.23. The molecule has 4 aromatic rings. The third-order valence-electron chi connectivity index (χ3n) is 8.91. The van der Waals surface area contributed by atoms with Crippen LogP contribution in [0.15, 0.2) is 60.9 Å². The number of nitrogens with one attached hydrogen (secondary N) is 2. The molecule has 2 N–H and O–H groups in total. The number of anilines is 3. The van der Waals surface area contributed by atoms with E-state index in [0.29, 0.717) is 32.0 Å². The largest absolute Gasteiger partial charge is 0.368 e. The van der Waals surface area contributed by atoms with Gasteiger partial charge in [-0.05, 0) is 74.3 Å². The van der Waals surface area contributed by atoms with Crippen LogP contribution in [0.1, 0.15) is 19.3 Å². The zero-order valence-corrected chi connectivity index (χ0v) is 24.3. The summed E-state index contributed by atoms with van der Waals surface area (Å²) in [5, 5.41) is 11.8. The molecule has 2 aromatic heterocycles. The smallest absolute Gasteiger partial charge is 0.236 e. The molecule has 3 aliphatic heterocycles. The van der Waals surface area contributed by atoms with Crippen molar-refractivity contribution in [3.05, 3.63) is 60.9 Å². The van der Waals surface area contributed by atoms with Crippen LogP contribution in [0.5, 0.6) is 0 Å². The van der Waals surface area contributed by atoms with E-state index in [1.54, 1.807) is 12.4 Å². The van der Waals surface area contributed by atoms with E-state index in [4.69, 9.17) is 0 Å². The van der Waals surface area contributed by atoms with Crippen molar-refractivity contribution < 1.29 is 9.59 Å². The summed E-state index contributed by atoms with van der Waals surface area (Å²) in [6, 6.07) is 16.0. The van der Waals surface area contributed by atoms with Crippen molar-refractivity contribution in [2.75, 3.05) is 74.0 Å². The van der Waals surface area contributed by atoms with E-state index >= 15 is 0 Å². The number of likely N-dealkylation sites (tertiary alicyclic amines) is 1. The van der Waals surface area contributed by atoms with Crippen molar-refractivity contribution in [3.63, 3.8) is 0 Å². The molecule has 3 aliphatic rings. The van der Waals surface area contributed by atoms with Gasteiger partial charge in [0.25, 0.3) is 0 Å². The van der Waals surface area contributed by atoms with Crippen LogP contribution in [0, 0.1) is 5.92 Å². The van der Waals surface area contributed by atoms with E-state index in [9.17, 15) is 9.59 Å². The molecule has 0 aliphatic carbocycles. The lowest BCUT2D eigenvalue weighted by Crippen LogP contribution is -2.51. The maximum atomic E-state index is 13.2. The lowest BCUT2D eigenvalue weighted by Gasteiger charge is -2.36. The van der Waals surface area contributed by atoms with Gasteiger partial charge in [-0.15, -0.1) is 0 Å². The Bertz CT molecular complexity index is 1580. The average Bonchev–Trinajstić information content (AvgIpc) is 3.83. The van der Waals surface area contributed by atoms with E-state index < -0.39 is 0 Å². The molecule has 7 rings (SSSR count). The van der Waals surface area contributed by atoms with Gasteiger partial charge in [0.15, 0.2) is 11.6 Å². The highest BCUT2D eigenvalue weighted by atomic mass is 16.2. The Hall–Kier alpha value is -4.51. The number of amides is 2. The van der Waals surface area contributed by atoms with Gasteiger partial charge in [0.1, 0.15) is 0 Å². The van der Waals surface area contributed by atoms with Gasteiger partial charge in [0, 0.05) is 80.5 Å². The molecule has 11 heteroatoms. The monoisotopic (exact) mass is 579 g/mol. The fraction of sp³-hybridized carbons (Fsp3) is 0.406. The quantitative estimate of drug-likeness (QED) is 0.343. The van der Waals surface area contributed by atoms with Crippen molar-refractivity contribution in [1.82, 2.24) is 30.0 Å². The Morgan fingerprint density at radius 2 is 1.65 bits per heavy atom. The molecule has 43 heavy (non-hydrogen) atoms. The number of aromatic amines is 1. The minimum Gasteiger partial charge on any atom is -0.368 e. The first-order valence-electron chi connectivity index (χ1n) is 15.3. The topological polar surface area (TPSA) is 114 Å². The van der Waals surface area contributed by atoms with E-state index in [-0.39, 0.29) is 17.7 Å². The summed E-state index contributed by atoms with van der Waals surface area (Å²) in [4.78, 5) is 43.6. The summed E-state index contributed by atoms with van der Waals surface area (Å²) in [6.07, 6.45) is 6.61. The highest BCUT2D eigenvalue weighted by Crippen LogP contribution is 2.30. The summed E-state index contributed by atoms with van der Waals surface area (Å²) < 4.78 is 0. The molecule has 222 valence electrons. The van der Waals surface area contributed by atoms with Crippen LogP contribution < -0.4 is 15.1 Å². The van der Waals surface area contributed by atoms with E-state index in [2.05, 4.69) is 52.3 Å². The van der Waals surface area contributed by atoms with Gasteiger partial charge in [0.2, 0.25) is 11.8 Å². The summed E-state index contributed by atoms with van der Waals surface area (Å²) in [7, 11) is 0. The Morgan fingerprint density at radius 1 is 0.884 bits per heavy atom. The van der Waals surface area contributed by atoms with Crippen LogP contribution in [-0.2, 0) is 9.59 Å². The maximum Gasteiger partial charge on any atom is 0.236 e. The molecule has 0 saturated carbocycles. The lowest BCUT2D eigenvalue weighted by atomic mass is 10.1. The highest BCUT2D eigenvalue weighted by molar-refractivity contribution is 5.98. The summed E-state index contributed by atoms with van der Waals surface area (Å²) >= 11 is 0. The Kier molecular flexibility index (Phi) is 7.63. The molecule has 11 nitrogen and oxygen atoms in total. The van der Waals surface area contributed by atoms with Gasteiger partial charge in [0.05, 0.1) is 18.0 Å². The molecule has 0 bridgehead atoms. The minimum absolute atomic E-state index is 0.0129. The fourth-order valence-electron chi connectivity index (χ4n) is 6.46. The molecular weight excluding hydrogens is 542 g/mol. The van der Waals surface area contributed by atoms with Crippen LogP contribution in [0.25, 0.3) is 22.3 Å². The number of benzene rings is 2. The van der Waals surface area contributed by atoms with Crippen molar-refractivity contribution in [1.29, 1.82) is 0 Å². The first-order chi connectivity index (χ1) is 21.1. The van der Waals surface area contributed by atoms with Crippen molar-refractivity contribution in [2.45, 2.75) is 19.3 Å². The molecule has 0 spiro atoms. The second kappa shape index (κ2) is 12.0. The zero-order chi connectivity index (χ0) is 29.2. The van der Waals surface area contributed by atoms with Gasteiger partial charge in [-0.25, -0.2) is 9.97 Å². The standard InChI is InChI=1S/C32H37N9O2/c42-29(40-18-16-39(17-19-40)26-7-4-23(5-8-26)30-33-11-3-12-34-30)22-38-15-10-24(21-38)32(43)35-25-6-9-28-27(20-25)31(37-36-28)41-13-1-2-14-41/h3-9,11-12,20,24H,1-2,10,13-19,21-22H2,(H,35,43)(H,36,37). The van der Waals surface area contributed by atoms with Crippen molar-refractivity contribution in [2.24, 2.45) is 5.92 Å².